The van der Waals surface area contributed by atoms with Gasteiger partial charge < -0.3 is 15.5 Å². The van der Waals surface area contributed by atoms with Crippen molar-refractivity contribution in [2.75, 3.05) is 31.5 Å². The van der Waals surface area contributed by atoms with Gasteiger partial charge in [-0.15, -0.1) is 0 Å². The molecule has 0 unspecified atom stereocenters. The third-order valence-corrected chi connectivity index (χ3v) is 3.76. The summed E-state index contributed by atoms with van der Waals surface area (Å²) >= 11 is 11.1. The molecule has 0 saturated carbocycles. The van der Waals surface area contributed by atoms with Crippen molar-refractivity contribution in [1.82, 2.24) is 10.2 Å². The molecule has 0 amide bonds. The molecule has 104 valence electrons. The Morgan fingerprint density at radius 3 is 2.53 bits per heavy atom. The van der Waals surface area contributed by atoms with Crippen LogP contribution in [0.3, 0.4) is 0 Å². The lowest BCUT2D eigenvalue weighted by Crippen LogP contribution is -2.38. The zero-order chi connectivity index (χ0) is 13.5. The summed E-state index contributed by atoms with van der Waals surface area (Å²) in [7, 11) is 0. The van der Waals surface area contributed by atoms with Gasteiger partial charge in [0, 0.05) is 23.8 Å². The molecule has 1 aromatic carbocycles. The summed E-state index contributed by atoms with van der Waals surface area (Å²) in [5.74, 6) is 0. The van der Waals surface area contributed by atoms with Crippen LogP contribution in [-0.2, 0) is 0 Å². The number of hydrogen-bond acceptors (Lipinski definition) is 2. The summed E-state index contributed by atoms with van der Waals surface area (Å²) in [5, 5.41) is 7.79. The molecule has 1 saturated heterocycles. The van der Waals surface area contributed by atoms with E-state index in [2.05, 4.69) is 15.5 Å². The highest BCUT2D eigenvalue weighted by Crippen LogP contribution is 2.13. The zero-order valence-electron chi connectivity index (χ0n) is 11.0. The average molecular weight is 298 g/mol. The molecule has 0 spiro atoms. The number of thiocarbonyl (C=S) groups is 1. The van der Waals surface area contributed by atoms with E-state index in [1.54, 1.807) is 0 Å². The molecule has 19 heavy (non-hydrogen) atoms. The minimum atomic E-state index is 0.666. The standard InChI is InChI=1S/C14H20ClN3S/c15-12-4-6-13(7-5-12)17-14(19)16-8-11-18-9-2-1-3-10-18/h4-7H,1-3,8-11H2,(H2,16,17,19). The first-order chi connectivity index (χ1) is 9.24. The quantitative estimate of drug-likeness (QED) is 0.835. The van der Waals surface area contributed by atoms with Gasteiger partial charge >= 0.3 is 0 Å². The molecule has 0 bridgehead atoms. The molecule has 0 aliphatic carbocycles. The van der Waals surface area contributed by atoms with Crippen LogP contribution in [0.4, 0.5) is 5.69 Å². The van der Waals surface area contributed by atoms with E-state index in [0.29, 0.717) is 5.11 Å². The SMILES string of the molecule is S=C(NCCN1CCCCC1)Nc1ccc(Cl)cc1. The predicted molar refractivity (Wildman–Crippen MR) is 86.0 cm³/mol. The minimum absolute atomic E-state index is 0.666. The molecule has 0 atom stereocenters. The molecular formula is C14H20ClN3S. The summed E-state index contributed by atoms with van der Waals surface area (Å²) in [6.07, 6.45) is 4.03. The first kappa shape index (κ1) is 14.6. The number of likely N-dealkylation sites (tertiary alicyclic amines) is 1. The summed E-state index contributed by atoms with van der Waals surface area (Å²) in [6.45, 7) is 4.39. The van der Waals surface area contributed by atoms with Gasteiger partial charge in [-0.2, -0.15) is 0 Å². The second-order valence-electron chi connectivity index (χ2n) is 4.79. The molecule has 0 aromatic heterocycles. The number of anilines is 1. The molecule has 1 heterocycles. The van der Waals surface area contributed by atoms with Crippen LogP contribution in [0, 0.1) is 0 Å². The highest BCUT2D eigenvalue weighted by molar-refractivity contribution is 7.80. The highest BCUT2D eigenvalue weighted by Gasteiger charge is 2.09. The van der Waals surface area contributed by atoms with Crippen LogP contribution in [0.15, 0.2) is 24.3 Å². The van der Waals surface area contributed by atoms with Crippen LogP contribution in [0.25, 0.3) is 0 Å². The van der Waals surface area contributed by atoms with Crippen molar-refractivity contribution in [2.45, 2.75) is 19.3 Å². The topological polar surface area (TPSA) is 27.3 Å². The van der Waals surface area contributed by atoms with E-state index in [9.17, 15) is 0 Å². The number of hydrogen-bond donors (Lipinski definition) is 2. The van der Waals surface area contributed by atoms with Crippen LogP contribution >= 0.6 is 23.8 Å². The number of benzene rings is 1. The van der Waals surface area contributed by atoms with E-state index in [4.69, 9.17) is 23.8 Å². The molecule has 1 aromatic rings. The van der Waals surface area contributed by atoms with Crippen LogP contribution < -0.4 is 10.6 Å². The van der Waals surface area contributed by atoms with Gasteiger partial charge in [-0.3, -0.25) is 0 Å². The van der Waals surface area contributed by atoms with E-state index in [1.807, 2.05) is 24.3 Å². The van der Waals surface area contributed by atoms with Crippen molar-refractivity contribution < 1.29 is 0 Å². The third-order valence-electron chi connectivity index (χ3n) is 3.26. The molecular weight excluding hydrogens is 278 g/mol. The Hall–Kier alpha value is -0.840. The third kappa shape index (κ3) is 5.35. The second-order valence-corrected chi connectivity index (χ2v) is 5.63. The number of piperidine rings is 1. The van der Waals surface area contributed by atoms with Crippen molar-refractivity contribution in [3.8, 4) is 0 Å². The number of rotatable bonds is 4. The van der Waals surface area contributed by atoms with Gasteiger partial charge in [-0.25, -0.2) is 0 Å². The zero-order valence-corrected chi connectivity index (χ0v) is 12.6. The van der Waals surface area contributed by atoms with Gasteiger partial charge in [-0.1, -0.05) is 18.0 Å². The van der Waals surface area contributed by atoms with Crippen LogP contribution in [0.5, 0.6) is 0 Å². The maximum absolute atomic E-state index is 5.84. The second kappa shape index (κ2) is 7.68. The first-order valence-electron chi connectivity index (χ1n) is 6.77. The van der Waals surface area contributed by atoms with E-state index in [0.717, 1.165) is 23.8 Å². The fraction of sp³-hybridized carbons (Fsp3) is 0.500. The van der Waals surface area contributed by atoms with Gasteiger partial charge in [0.15, 0.2) is 5.11 Å². The lowest BCUT2D eigenvalue weighted by atomic mass is 10.1. The molecule has 2 rings (SSSR count). The summed E-state index contributed by atoms with van der Waals surface area (Å²) in [6, 6.07) is 7.53. The molecule has 1 aliphatic heterocycles. The molecule has 1 fully saturated rings. The monoisotopic (exact) mass is 297 g/mol. The lowest BCUT2D eigenvalue weighted by Gasteiger charge is -2.26. The Labute approximate surface area is 125 Å². The maximum Gasteiger partial charge on any atom is 0.170 e. The number of nitrogens with one attached hydrogen (secondary N) is 2. The van der Waals surface area contributed by atoms with Crippen molar-refractivity contribution in [2.24, 2.45) is 0 Å². The van der Waals surface area contributed by atoms with Gasteiger partial charge in [0.2, 0.25) is 0 Å². The van der Waals surface area contributed by atoms with Crippen molar-refractivity contribution in [3.63, 3.8) is 0 Å². The largest absolute Gasteiger partial charge is 0.361 e. The fourth-order valence-corrected chi connectivity index (χ4v) is 2.56. The maximum atomic E-state index is 5.84. The summed E-state index contributed by atoms with van der Waals surface area (Å²) in [5.41, 5.74) is 0.958. The van der Waals surface area contributed by atoms with E-state index in [1.165, 1.54) is 32.4 Å². The normalized spacial score (nSPS) is 16.1. The highest BCUT2D eigenvalue weighted by atomic mass is 35.5. The van der Waals surface area contributed by atoms with E-state index >= 15 is 0 Å². The molecule has 0 radical (unpaired) electrons. The summed E-state index contributed by atoms with van der Waals surface area (Å²) < 4.78 is 0. The van der Waals surface area contributed by atoms with Gasteiger partial charge in [0.25, 0.3) is 0 Å². The van der Waals surface area contributed by atoms with Gasteiger partial charge in [0.1, 0.15) is 0 Å². The van der Waals surface area contributed by atoms with Crippen LogP contribution in [-0.4, -0.2) is 36.2 Å². The van der Waals surface area contributed by atoms with Crippen molar-refractivity contribution >= 4 is 34.6 Å². The Morgan fingerprint density at radius 2 is 1.84 bits per heavy atom. The van der Waals surface area contributed by atoms with Crippen molar-refractivity contribution in [3.05, 3.63) is 29.3 Å². The summed E-state index contributed by atoms with van der Waals surface area (Å²) in [4.78, 5) is 2.49. The molecule has 5 heteroatoms. The van der Waals surface area contributed by atoms with E-state index in [-0.39, 0.29) is 0 Å². The van der Waals surface area contributed by atoms with Crippen LogP contribution in [0.2, 0.25) is 5.02 Å². The lowest BCUT2D eigenvalue weighted by molar-refractivity contribution is 0.232. The first-order valence-corrected chi connectivity index (χ1v) is 7.55. The number of nitrogens with zero attached hydrogens (tertiary/aromatic N) is 1. The Balaban J connectivity index is 1.65. The fourth-order valence-electron chi connectivity index (χ4n) is 2.22. The molecule has 3 nitrogen and oxygen atoms in total. The van der Waals surface area contributed by atoms with Crippen molar-refractivity contribution in [1.29, 1.82) is 0 Å². The number of halogens is 1. The smallest absolute Gasteiger partial charge is 0.170 e. The Kier molecular flexibility index (Phi) is 5.89. The molecule has 1 aliphatic rings. The Morgan fingerprint density at radius 1 is 1.16 bits per heavy atom. The molecule has 2 N–H and O–H groups in total. The van der Waals surface area contributed by atoms with Crippen LogP contribution in [0.1, 0.15) is 19.3 Å². The Bertz CT molecular complexity index is 402. The van der Waals surface area contributed by atoms with Gasteiger partial charge in [-0.05, 0) is 62.4 Å². The average Bonchev–Trinajstić information content (AvgIpc) is 2.43. The predicted octanol–water partition coefficient (Wildman–Crippen LogP) is 3.11. The van der Waals surface area contributed by atoms with Gasteiger partial charge in [0.05, 0.1) is 0 Å². The minimum Gasteiger partial charge on any atom is -0.361 e. The van der Waals surface area contributed by atoms with E-state index < -0.39 is 0 Å².